The van der Waals surface area contributed by atoms with Crippen molar-refractivity contribution in [1.82, 2.24) is 0 Å². The number of benzene rings is 2. The maximum Gasteiger partial charge on any atom is 0.0400 e. The van der Waals surface area contributed by atoms with Gasteiger partial charge in [0.2, 0.25) is 0 Å². The van der Waals surface area contributed by atoms with Gasteiger partial charge in [-0.3, -0.25) is 0 Å². The van der Waals surface area contributed by atoms with Crippen LogP contribution in [0, 0.1) is 6.92 Å². The number of nitrogens with one attached hydrogen (secondary N) is 1. The van der Waals surface area contributed by atoms with Crippen molar-refractivity contribution < 1.29 is 0 Å². The molecule has 1 saturated heterocycles. The maximum absolute atomic E-state index is 3.52. The Labute approximate surface area is 135 Å². The standard InChI is InChI=1S/C18H21BrN2/c1-14-4-7-16(19)12-18(14)20-13-15-5-8-17(9-6-15)21-10-2-3-11-21/h4-9,12,20H,2-3,10-11,13H2,1H3. The van der Waals surface area contributed by atoms with Crippen LogP contribution >= 0.6 is 15.9 Å². The summed E-state index contributed by atoms with van der Waals surface area (Å²) in [5.74, 6) is 0. The highest BCUT2D eigenvalue weighted by Crippen LogP contribution is 2.23. The van der Waals surface area contributed by atoms with Crippen molar-refractivity contribution in [3.05, 3.63) is 58.1 Å². The molecule has 21 heavy (non-hydrogen) atoms. The van der Waals surface area contributed by atoms with E-state index in [1.807, 2.05) is 0 Å². The lowest BCUT2D eigenvalue weighted by atomic mass is 10.1. The number of hydrogen-bond donors (Lipinski definition) is 1. The van der Waals surface area contributed by atoms with Gasteiger partial charge >= 0.3 is 0 Å². The minimum Gasteiger partial charge on any atom is -0.381 e. The van der Waals surface area contributed by atoms with E-state index < -0.39 is 0 Å². The minimum absolute atomic E-state index is 0.859. The van der Waals surface area contributed by atoms with Gasteiger partial charge in [-0.1, -0.05) is 34.1 Å². The summed E-state index contributed by atoms with van der Waals surface area (Å²) >= 11 is 3.52. The molecular formula is C18H21BrN2. The van der Waals surface area contributed by atoms with Crippen LogP contribution in [0.1, 0.15) is 24.0 Å². The molecule has 1 heterocycles. The van der Waals surface area contributed by atoms with Crippen molar-refractivity contribution in [3.63, 3.8) is 0 Å². The monoisotopic (exact) mass is 344 g/mol. The number of nitrogens with zero attached hydrogens (tertiary/aromatic N) is 1. The van der Waals surface area contributed by atoms with Crippen molar-refractivity contribution in [2.75, 3.05) is 23.3 Å². The van der Waals surface area contributed by atoms with Gasteiger partial charge in [0.1, 0.15) is 0 Å². The lowest BCUT2D eigenvalue weighted by Crippen LogP contribution is -2.17. The van der Waals surface area contributed by atoms with Crippen LogP contribution in [0.5, 0.6) is 0 Å². The van der Waals surface area contributed by atoms with E-state index in [1.54, 1.807) is 0 Å². The van der Waals surface area contributed by atoms with Gasteiger partial charge in [0.05, 0.1) is 0 Å². The summed E-state index contributed by atoms with van der Waals surface area (Å²) in [4.78, 5) is 2.47. The highest BCUT2D eigenvalue weighted by atomic mass is 79.9. The fraction of sp³-hybridized carbons (Fsp3) is 0.333. The summed E-state index contributed by atoms with van der Waals surface area (Å²) in [6.07, 6.45) is 2.65. The van der Waals surface area contributed by atoms with Gasteiger partial charge in [-0.2, -0.15) is 0 Å². The van der Waals surface area contributed by atoms with Gasteiger partial charge in [0, 0.05) is 35.5 Å². The maximum atomic E-state index is 3.52. The van der Waals surface area contributed by atoms with Crippen LogP contribution in [0.3, 0.4) is 0 Å². The Balaban J connectivity index is 1.64. The van der Waals surface area contributed by atoms with Crippen molar-refractivity contribution in [1.29, 1.82) is 0 Å². The third kappa shape index (κ3) is 3.59. The molecule has 0 spiro atoms. The van der Waals surface area contributed by atoms with E-state index in [2.05, 4.69) is 75.5 Å². The molecule has 2 aromatic rings. The number of hydrogen-bond acceptors (Lipinski definition) is 2. The topological polar surface area (TPSA) is 15.3 Å². The van der Waals surface area contributed by atoms with Gasteiger partial charge in [-0.25, -0.2) is 0 Å². The second-order valence-corrected chi connectivity index (χ2v) is 6.59. The van der Waals surface area contributed by atoms with Crippen LogP contribution in [-0.2, 0) is 6.54 Å². The molecule has 3 rings (SSSR count). The molecule has 0 atom stereocenters. The Morgan fingerprint density at radius 2 is 1.76 bits per heavy atom. The zero-order valence-electron chi connectivity index (χ0n) is 12.4. The highest BCUT2D eigenvalue weighted by molar-refractivity contribution is 9.10. The molecule has 3 heteroatoms. The van der Waals surface area contributed by atoms with Crippen molar-refractivity contribution >= 4 is 27.3 Å². The van der Waals surface area contributed by atoms with Crippen molar-refractivity contribution in [2.45, 2.75) is 26.3 Å². The molecule has 1 aliphatic rings. The van der Waals surface area contributed by atoms with E-state index in [4.69, 9.17) is 0 Å². The first-order valence-corrected chi connectivity index (χ1v) is 8.35. The van der Waals surface area contributed by atoms with E-state index in [0.717, 1.165) is 11.0 Å². The van der Waals surface area contributed by atoms with Gasteiger partial charge in [0.15, 0.2) is 0 Å². The van der Waals surface area contributed by atoms with Crippen molar-refractivity contribution in [3.8, 4) is 0 Å². The number of halogens is 1. The molecule has 1 aliphatic heterocycles. The Hall–Kier alpha value is -1.48. The Morgan fingerprint density at radius 3 is 2.48 bits per heavy atom. The van der Waals surface area contributed by atoms with Crippen LogP contribution in [0.4, 0.5) is 11.4 Å². The quantitative estimate of drug-likeness (QED) is 0.842. The summed E-state index contributed by atoms with van der Waals surface area (Å²) in [5.41, 5.74) is 5.13. The average molecular weight is 345 g/mol. The van der Waals surface area contributed by atoms with Crippen LogP contribution in [0.25, 0.3) is 0 Å². The van der Waals surface area contributed by atoms with Crippen molar-refractivity contribution in [2.24, 2.45) is 0 Å². The first-order valence-electron chi connectivity index (χ1n) is 7.56. The molecule has 2 nitrogen and oxygen atoms in total. The molecule has 0 aromatic heterocycles. The summed E-state index contributed by atoms with van der Waals surface area (Å²) in [6.45, 7) is 5.40. The number of aryl methyl sites for hydroxylation is 1. The smallest absolute Gasteiger partial charge is 0.0400 e. The molecule has 0 bridgehead atoms. The molecule has 0 aliphatic carbocycles. The molecule has 2 aromatic carbocycles. The second kappa shape index (κ2) is 6.52. The molecule has 0 saturated carbocycles. The fourth-order valence-electron chi connectivity index (χ4n) is 2.78. The van der Waals surface area contributed by atoms with Gasteiger partial charge < -0.3 is 10.2 Å². The second-order valence-electron chi connectivity index (χ2n) is 5.67. The Bertz CT molecular complexity index is 601. The van der Waals surface area contributed by atoms with E-state index >= 15 is 0 Å². The van der Waals surface area contributed by atoms with Gasteiger partial charge in [0.25, 0.3) is 0 Å². The molecule has 0 unspecified atom stereocenters. The molecular weight excluding hydrogens is 324 g/mol. The molecule has 110 valence electrons. The first-order chi connectivity index (χ1) is 10.2. The number of anilines is 2. The van der Waals surface area contributed by atoms with E-state index in [9.17, 15) is 0 Å². The molecule has 0 amide bonds. The van der Waals surface area contributed by atoms with E-state index in [-0.39, 0.29) is 0 Å². The summed E-state index contributed by atoms with van der Waals surface area (Å²) in [6, 6.07) is 15.3. The molecule has 1 fully saturated rings. The first kappa shape index (κ1) is 14.5. The average Bonchev–Trinajstić information content (AvgIpc) is 3.03. The van der Waals surface area contributed by atoms with Crippen LogP contribution < -0.4 is 10.2 Å². The van der Waals surface area contributed by atoms with Crippen LogP contribution in [0.15, 0.2) is 46.9 Å². The van der Waals surface area contributed by atoms with Gasteiger partial charge in [-0.15, -0.1) is 0 Å². The SMILES string of the molecule is Cc1ccc(Br)cc1NCc1ccc(N2CCCC2)cc1. The summed E-state index contributed by atoms with van der Waals surface area (Å²) < 4.78 is 1.11. The van der Waals surface area contributed by atoms with Crippen LogP contribution in [0.2, 0.25) is 0 Å². The summed E-state index contributed by atoms with van der Waals surface area (Å²) in [7, 11) is 0. The Morgan fingerprint density at radius 1 is 1.05 bits per heavy atom. The van der Waals surface area contributed by atoms with Crippen LogP contribution in [-0.4, -0.2) is 13.1 Å². The Kier molecular flexibility index (Phi) is 4.49. The van der Waals surface area contributed by atoms with E-state index in [0.29, 0.717) is 0 Å². The lowest BCUT2D eigenvalue weighted by molar-refractivity contribution is 0.949. The number of rotatable bonds is 4. The zero-order valence-corrected chi connectivity index (χ0v) is 14.0. The molecule has 0 radical (unpaired) electrons. The summed E-state index contributed by atoms with van der Waals surface area (Å²) in [5, 5.41) is 3.52. The predicted octanol–water partition coefficient (Wildman–Crippen LogP) is 4.97. The third-order valence-electron chi connectivity index (χ3n) is 4.09. The zero-order chi connectivity index (χ0) is 14.7. The highest BCUT2D eigenvalue weighted by Gasteiger charge is 2.11. The fourth-order valence-corrected chi connectivity index (χ4v) is 3.14. The lowest BCUT2D eigenvalue weighted by Gasteiger charge is -2.18. The predicted molar refractivity (Wildman–Crippen MR) is 94.1 cm³/mol. The molecule has 1 N–H and O–H groups in total. The third-order valence-corrected chi connectivity index (χ3v) is 4.58. The normalized spacial score (nSPS) is 14.5. The van der Waals surface area contributed by atoms with E-state index in [1.165, 1.54) is 48.4 Å². The minimum atomic E-state index is 0.859. The largest absolute Gasteiger partial charge is 0.381 e. The van der Waals surface area contributed by atoms with Gasteiger partial charge in [-0.05, 0) is 55.2 Å².